The number of hydrogen-bond acceptors (Lipinski definition) is 8. The van der Waals surface area contributed by atoms with E-state index in [9.17, 15) is 14.9 Å². The minimum absolute atomic E-state index is 0.00748. The van der Waals surface area contributed by atoms with E-state index >= 15 is 0 Å². The van der Waals surface area contributed by atoms with E-state index in [1.807, 2.05) is 40.6 Å². The van der Waals surface area contributed by atoms with E-state index < -0.39 is 4.92 Å². The van der Waals surface area contributed by atoms with E-state index in [1.54, 1.807) is 30.3 Å². The Hall–Kier alpha value is -4.02. The number of nitro benzene ring substituents is 1. The Morgan fingerprint density at radius 3 is 2.62 bits per heavy atom. The van der Waals surface area contributed by atoms with Crippen LogP contribution in [0.25, 0.3) is 28.7 Å². The first-order chi connectivity index (χ1) is 19.0. The first-order valence-electron chi connectivity index (χ1n) is 12.7. The second-order valence-corrected chi connectivity index (χ2v) is 11.2. The first kappa shape index (κ1) is 25.3. The molecule has 3 heterocycles. The molecule has 0 atom stereocenters. The minimum Gasteiger partial charge on any atom is -0.457 e. The third-order valence-corrected chi connectivity index (χ3v) is 8.49. The van der Waals surface area contributed by atoms with E-state index in [0.717, 1.165) is 36.9 Å². The van der Waals surface area contributed by atoms with Crippen molar-refractivity contribution in [1.29, 1.82) is 0 Å². The number of nitrogens with zero attached hydrogens (tertiary/aromatic N) is 4. The summed E-state index contributed by atoms with van der Waals surface area (Å²) in [7, 11) is 0. The fraction of sp³-hybridized carbons (Fsp3) is 0.207. The summed E-state index contributed by atoms with van der Waals surface area (Å²) in [6, 6.07) is 19.9. The molecule has 1 aliphatic heterocycles. The number of furan rings is 1. The lowest BCUT2D eigenvalue weighted by molar-refractivity contribution is -0.384. The molecule has 0 spiro atoms. The number of hydrogen-bond donors (Lipinski definition) is 0. The first-order valence-corrected chi connectivity index (χ1v) is 14.4. The van der Waals surface area contributed by atoms with Crippen LogP contribution in [-0.4, -0.2) is 31.9 Å². The lowest BCUT2D eigenvalue weighted by Gasteiger charge is -2.30. The number of benzene rings is 2. The van der Waals surface area contributed by atoms with Gasteiger partial charge in [0.15, 0.2) is 5.17 Å². The Balaban J connectivity index is 1.30. The van der Waals surface area contributed by atoms with Crippen molar-refractivity contribution in [2.75, 3.05) is 0 Å². The fourth-order valence-corrected chi connectivity index (χ4v) is 6.63. The molecule has 1 saturated heterocycles. The van der Waals surface area contributed by atoms with Crippen molar-refractivity contribution in [2.45, 2.75) is 38.1 Å². The van der Waals surface area contributed by atoms with Gasteiger partial charge in [0.2, 0.25) is 5.13 Å². The van der Waals surface area contributed by atoms with Crippen molar-refractivity contribution in [1.82, 2.24) is 9.88 Å². The van der Waals surface area contributed by atoms with Crippen LogP contribution in [0.1, 0.15) is 37.9 Å². The highest BCUT2D eigenvalue weighted by molar-refractivity contribution is 8.18. The number of amidine groups is 1. The van der Waals surface area contributed by atoms with Gasteiger partial charge in [-0.3, -0.25) is 19.8 Å². The van der Waals surface area contributed by atoms with Crippen LogP contribution in [0, 0.1) is 10.1 Å². The highest BCUT2D eigenvalue weighted by Gasteiger charge is 2.39. The standard InChI is InChI=1S/C29H24N4O4S2/c34-27-26(17-23-14-15-25(37-23)20-10-7-13-22(16-20)33(35)36)39-29(32(27)21-11-5-2-6-12-21)31-28-30-24(18-38-28)19-8-3-1-4-9-19/h1,3-4,7-10,13-18,21H,2,5-6,11-12H2/b26-17+,31-29+. The molecule has 4 aromatic rings. The van der Waals surface area contributed by atoms with E-state index in [0.29, 0.717) is 32.3 Å². The molecule has 1 aliphatic carbocycles. The summed E-state index contributed by atoms with van der Waals surface area (Å²) in [5.74, 6) is 0.909. The van der Waals surface area contributed by atoms with Gasteiger partial charge in [0, 0.05) is 40.8 Å². The van der Waals surface area contributed by atoms with Gasteiger partial charge in [0.1, 0.15) is 11.5 Å². The number of aliphatic imine (C=N–C) groups is 1. The number of non-ortho nitro benzene ring substituents is 1. The van der Waals surface area contributed by atoms with E-state index in [2.05, 4.69) is 0 Å². The molecule has 0 unspecified atom stereocenters. The second-order valence-electron chi connectivity index (χ2n) is 9.36. The molecule has 2 aromatic heterocycles. The minimum atomic E-state index is -0.435. The van der Waals surface area contributed by atoms with Gasteiger partial charge in [-0.25, -0.2) is 4.98 Å². The van der Waals surface area contributed by atoms with Crippen molar-refractivity contribution in [3.05, 3.63) is 92.9 Å². The molecular weight excluding hydrogens is 532 g/mol. The lowest BCUT2D eigenvalue weighted by atomic mass is 9.94. The molecule has 2 fully saturated rings. The number of nitro groups is 1. The smallest absolute Gasteiger partial charge is 0.270 e. The van der Waals surface area contributed by atoms with Gasteiger partial charge in [-0.1, -0.05) is 61.7 Å². The molecule has 0 N–H and O–H groups in total. The molecule has 2 aliphatic rings. The highest BCUT2D eigenvalue weighted by atomic mass is 32.2. The van der Waals surface area contributed by atoms with Crippen molar-refractivity contribution in [2.24, 2.45) is 4.99 Å². The summed E-state index contributed by atoms with van der Waals surface area (Å²) in [5, 5.41) is 14.4. The number of carbonyl (C=O) groups excluding carboxylic acids is 1. The maximum Gasteiger partial charge on any atom is 0.270 e. The molecule has 196 valence electrons. The normalized spacial score (nSPS) is 18.4. The zero-order valence-corrected chi connectivity index (χ0v) is 22.5. The van der Waals surface area contributed by atoms with Gasteiger partial charge in [-0.05, 0) is 36.7 Å². The molecule has 8 nitrogen and oxygen atoms in total. The number of carbonyl (C=O) groups is 1. The quantitative estimate of drug-likeness (QED) is 0.136. The maximum absolute atomic E-state index is 13.7. The Kier molecular flexibility index (Phi) is 7.12. The molecule has 1 amide bonds. The molecule has 10 heteroatoms. The van der Waals surface area contributed by atoms with Gasteiger partial charge in [-0.2, -0.15) is 4.99 Å². The van der Waals surface area contributed by atoms with Crippen LogP contribution < -0.4 is 0 Å². The number of amides is 1. The van der Waals surface area contributed by atoms with E-state index in [1.165, 1.54) is 41.7 Å². The zero-order chi connectivity index (χ0) is 26.8. The topological polar surface area (TPSA) is 102 Å². The summed E-state index contributed by atoms with van der Waals surface area (Å²) in [6.07, 6.45) is 6.98. The van der Waals surface area contributed by atoms with Gasteiger partial charge < -0.3 is 4.42 Å². The average molecular weight is 557 g/mol. The summed E-state index contributed by atoms with van der Waals surface area (Å²) in [5.41, 5.74) is 2.48. The van der Waals surface area contributed by atoms with Crippen molar-refractivity contribution in [3.63, 3.8) is 0 Å². The Bertz CT molecular complexity index is 1590. The van der Waals surface area contributed by atoms with Crippen LogP contribution in [0.4, 0.5) is 10.8 Å². The SMILES string of the molecule is O=C1/C(=C\c2ccc(-c3cccc([N+](=O)[O-])c3)o2)S/C(=N/c2nc(-c3ccccc3)cs2)N1C1CCCCC1. The number of rotatable bonds is 6. The van der Waals surface area contributed by atoms with Crippen molar-refractivity contribution in [3.8, 4) is 22.6 Å². The maximum atomic E-state index is 13.7. The largest absolute Gasteiger partial charge is 0.457 e. The van der Waals surface area contributed by atoms with Crippen LogP contribution in [0.3, 0.4) is 0 Å². The Labute approximate surface area is 233 Å². The van der Waals surface area contributed by atoms with Gasteiger partial charge >= 0.3 is 0 Å². The van der Waals surface area contributed by atoms with Crippen LogP contribution in [0.5, 0.6) is 0 Å². The summed E-state index contributed by atoms with van der Waals surface area (Å²) >= 11 is 2.79. The number of thioether (sulfide) groups is 1. The molecule has 0 bridgehead atoms. The van der Waals surface area contributed by atoms with Gasteiger partial charge in [0.05, 0.1) is 15.5 Å². The van der Waals surface area contributed by atoms with Crippen LogP contribution >= 0.6 is 23.1 Å². The van der Waals surface area contributed by atoms with Gasteiger partial charge in [0.25, 0.3) is 11.6 Å². The lowest BCUT2D eigenvalue weighted by Crippen LogP contribution is -2.40. The van der Waals surface area contributed by atoms with E-state index in [4.69, 9.17) is 14.4 Å². The molecular formula is C29H24N4O4S2. The average Bonchev–Trinajstić information content (AvgIpc) is 3.70. The second kappa shape index (κ2) is 11.0. The van der Waals surface area contributed by atoms with Crippen LogP contribution in [0.15, 0.2) is 86.4 Å². The summed E-state index contributed by atoms with van der Waals surface area (Å²) in [4.78, 5) is 36.3. The highest BCUT2D eigenvalue weighted by Crippen LogP contribution is 2.40. The third kappa shape index (κ3) is 5.43. The molecule has 39 heavy (non-hydrogen) atoms. The molecule has 2 aromatic carbocycles. The predicted octanol–water partition coefficient (Wildman–Crippen LogP) is 7.92. The number of aromatic nitrogens is 1. The van der Waals surface area contributed by atoms with Crippen LogP contribution in [0.2, 0.25) is 0 Å². The van der Waals surface area contributed by atoms with Gasteiger partial charge in [-0.15, -0.1) is 11.3 Å². The van der Waals surface area contributed by atoms with Crippen molar-refractivity contribution < 1.29 is 14.1 Å². The van der Waals surface area contributed by atoms with Crippen LogP contribution in [-0.2, 0) is 4.79 Å². The Morgan fingerprint density at radius 1 is 1.03 bits per heavy atom. The fourth-order valence-electron chi connectivity index (χ4n) is 4.85. The monoisotopic (exact) mass is 556 g/mol. The predicted molar refractivity (Wildman–Crippen MR) is 155 cm³/mol. The summed E-state index contributed by atoms with van der Waals surface area (Å²) < 4.78 is 5.97. The zero-order valence-electron chi connectivity index (χ0n) is 20.9. The van der Waals surface area contributed by atoms with E-state index in [-0.39, 0.29) is 17.6 Å². The Morgan fingerprint density at radius 2 is 1.82 bits per heavy atom. The molecule has 6 rings (SSSR count). The van der Waals surface area contributed by atoms with Crippen molar-refractivity contribution >= 4 is 51.1 Å². The molecule has 1 saturated carbocycles. The summed E-state index contributed by atoms with van der Waals surface area (Å²) in [6.45, 7) is 0. The number of thiazole rings is 1. The molecule has 0 radical (unpaired) electrons. The third-order valence-electron chi connectivity index (χ3n) is 6.77.